The Labute approximate surface area is 161 Å². The van der Waals surface area contributed by atoms with Crippen LogP contribution in [0.4, 0.5) is 4.79 Å². The van der Waals surface area contributed by atoms with Gasteiger partial charge < -0.3 is 14.6 Å². The Morgan fingerprint density at radius 2 is 1.70 bits per heavy atom. The summed E-state index contributed by atoms with van der Waals surface area (Å²) in [6.45, 7) is 12.9. The summed E-state index contributed by atoms with van der Waals surface area (Å²) < 4.78 is 5.72. The molecule has 0 aliphatic carbocycles. The van der Waals surface area contributed by atoms with Crippen molar-refractivity contribution in [3.8, 4) is 0 Å². The molecule has 3 rings (SSSR count). The maximum atomic E-state index is 12.5. The predicted molar refractivity (Wildman–Crippen MR) is 99.9 cm³/mol. The number of nitrogens with one attached hydrogen (secondary N) is 1. The molecule has 3 aliphatic rings. The molecule has 1 unspecified atom stereocenters. The van der Waals surface area contributed by atoms with Gasteiger partial charge in [0.05, 0.1) is 8.07 Å². The third-order valence-corrected chi connectivity index (χ3v) is 13.3. The summed E-state index contributed by atoms with van der Waals surface area (Å²) in [7, 11) is -4.45. The van der Waals surface area contributed by atoms with Crippen LogP contribution in [0.1, 0.15) is 33.6 Å². The van der Waals surface area contributed by atoms with Crippen LogP contribution in [0.2, 0.25) is 25.7 Å². The van der Waals surface area contributed by atoms with E-state index in [0.717, 1.165) is 13.0 Å². The number of carbonyl (C=O) groups is 2. The van der Waals surface area contributed by atoms with Crippen LogP contribution in [0.25, 0.3) is 0 Å². The number of likely N-dealkylation sites (tertiary alicyclic amines) is 1. The molecule has 0 bridgehead atoms. The van der Waals surface area contributed by atoms with E-state index in [0.29, 0.717) is 24.7 Å². The largest absolute Gasteiger partial charge is 0.507 e. The zero-order valence-corrected chi connectivity index (χ0v) is 18.9. The van der Waals surface area contributed by atoms with Gasteiger partial charge in [0.2, 0.25) is 0 Å². The van der Waals surface area contributed by atoms with Gasteiger partial charge in [-0.1, -0.05) is 19.6 Å². The summed E-state index contributed by atoms with van der Waals surface area (Å²) in [5.41, 5.74) is -1.62. The molecule has 11 heteroatoms. The highest BCUT2D eigenvalue weighted by Gasteiger charge is 2.82. The minimum absolute atomic E-state index is 0.0244. The minimum Gasteiger partial charge on any atom is -0.507 e. The number of nitrogens with zero attached hydrogens (tertiary/aromatic N) is 1. The van der Waals surface area contributed by atoms with Crippen molar-refractivity contribution in [3.05, 3.63) is 0 Å². The highest BCUT2D eigenvalue weighted by atomic mass is 28.4. The lowest BCUT2D eigenvalue weighted by atomic mass is 10.2. The monoisotopic (exact) mass is 418 g/mol. The first kappa shape index (κ1) is 20.7. The van der Waals surface area contributed by atoms with E-state index >= 15 is 0 Å². The molecular formula is C16H30N2O7Si2. The molecule has 0 aromatic rings. The second-order valence-electron chi connectivity index (χ2n) is 8.84. The van der Waals surface area contributed by atoms with Gasteiger partial charge in [-0.05, 0) is 32.7 Å². The van der Waals surface area contributed by atoms with Gasteiger partial charge in [-0.15, -0.1) is 0 Å². The Balaban J connectivity index is 1.56. The Kier molecular flexibility index (Phi) is 5.23. The molecular weight excluding hydrogens is 388 g/mol. The number of amides is 2. The van der Waals surface area contributed by atoms with Crippen molar-refractivity contribution in [2.45, 2.75) is 75.8 Å². The van der Waals surface area contributed by atoms with Gasteiger partial charge in [-0.3, -0.25) is 4.79 Å². The van der Waals surface area contributed by atoms with Crippen molar-refractivity contribution in [2.24, 2.45) is 0 Å². The second-order valence-corrected chi connectivity index (χ2v) is 18.4. The van der Waals surface area contributed by atoms with Crippen LogP contribution in [0.3, 0.4) is 0 Å². The van der Waals surface area contributed by atoms with Crippen LogP contribution < -0.4 is 5.32 Å². The van der Waals surface area contributed by atoms with E-state index in [-0.39, 0.29) is 6.03 Å². The number of carbonyl (C=O) groups excluding carboxylic acids is 2. The first-order chi connectivity index (χ1) is 12.4. The highest BCUT2D eigenvalue weighted by molar-refractivity contribution is 6.80. The molecule has 0 aromatic heterocycles. The van der Waals surface area contributed by atoms with Crippen LogP contribution >= 0.6 is 0 Å². The Bertz CT molecular complexity index is 598. The molecule has 154 valence electrons. The standard InChI is InChI=1S/C16H30N2O7Si2/c1-12(19)21-27(15(2)22-23-15,16(3)24-25-16)11-7-9-17-14(20)18-10-8-13(18)26(4,5)6/h13H,7-11H2,1-6H3,(H,17,20). The summed E-state index contributed by atoms with van der Waals surface area (Å²) in [5, 5.41) is 2.98. The lowest BCUT2D eigenvalue weighted by molar-refractivity contribution is -0.133. The average molecular weight is 419 g/mol. The molecule has 3 fully saturated rings. The quantitative estimate of drug-likeness (QED) is 0.278. The third kappa shape index (κ3) is 3.80. The zero-order chi connectivity index (χ0) is 20.1. The lowest BCUT2D eigenvalue weighted by Crippen LogP contribution is -2.64. The van der Waals surface area contributed by atoms with Crippen LogP contribution in [-0.2, 0) is 28.8 Å². The molecule has 2 amide bonds. The van der Waals surface area contributed by atoms with Gasteiger partial charge in [0, 0.05) is 25.7 Å². The van der Waals surface area contributed by atoms with Crippen molar-refractivity contribution in [3.63, 3.8) is 0 Å². The van der Waals surface area contributed by atoms with E-state index in [1.54, 1.807) is 13.8 Å². The Hall–Kier alpha value is -0.986. The van der Waals surface area contributed by atoms with Crippen molar-refractivity contribution < 1.29 is 33.6 Å². The molecule has 3 heterocycles. The number of hydrogen-bond donors (Lipinski definition) is 1. The summed E-state index contributed by atoms with van der Waals surface area (Å²) in [4.78, 5) is 46.8. The topological polar surface area (TPSA) is 109 Å². The molecule has 0 spiro atoms. The van der Waals surface area contributed by atoms with Crippen LogP contribution in [0, 0.1) is 0 Å². The summed E-state index contributed by atoms with van der Waals surface area (Å²) in [6, 6.07) is 0.459. The Morgan fingerprint density at radius 3 is 2.07 bits per heavy atom. The van der Waals surface area contributed by atoms with E-state index in [1.807, 2.05) is 4.90 Å². The fourth-order valence-corrected chi connectivity index (χ4v) is 10.1. The lowest BCUT2D eigenvalue weighted by Gasteiger charge is -2.47. The van der Waals surface area contributed by atoms with Crippen molar-refractivity contribution >= 4 is 28.4 Å². The van der Waals surface area contributed by atoms with E-state index in [9.17, 15) is 9.59 Å². The smallest absolute Gasteiger partial charge is 0.390 e. The molecule has 9 nitrogen and oxygen atoms in total. The van der Waals surface area contributed by atoms with Crippen LogP contribution in [-0.4, -0.2) is 62.9 Å². The van der Waals surface area contributed by atoms with Gasteiger partial charge >= 0.3 is 14.3 Å². The van der Waals surface area contributed by atoms with E-state index in [2.05, 4.69) is 25.0 Å². The summed E-state index contributed by atoms with van der Waals surface area (Å²) >= 11 is 0. The molecule has 1 N–H and O–H groups in total. The van der Waals surface area contributed by atoms with E-state index in [1.165, 1.54) is 6.92 Å². The average Bonchev–Trinajstić information content (AvgIpc) is 3.39. The van der Waals surface area contributed by atoms with Gasteiger partial charge in [0.1, 0.15) is 0 Å². The number of urea groups is 1. The summed E-state index contributed by atoms with van der Waals surface area (Å²) in [5.74, 6) is -0.426. The normalized spacial score (nSPS) is 25.4. The SMILES string of the molecule is CC(=O)O[Si](CCCNC(=O)N1CCC1[Si](C)(C)C)(C1(C)OO1)C1(C)OO1. The maximum Gasteiger partial charge on any atom is 0.390 e. The summed E-state index contributed by atoms with van der Waals surface area (Å²) in [6.07, 6.45) is 1.69. The second kappa shape index (κ2) is 6.81. The molecule has 3 saturated heterocycles. The van der Waals surface area contributed by atoms with Gasteiger partial charge in [-0.2, -0.15) is 19.6 Å². The molecule has 3 aliphatic heterocycles. The number of rotatable bonds is 8. The zero-order valence-electron chi connectivity index (χ0n) is 16.9. The predicted octanol–water partition coefficient (Wildman–Crippen LogP) is 1.98. The minimum atomic E-state index is -3.07. The van der Waals surface area contributed by atoms with Gasteiger partial charge in [-0.25, -0.2) is 4.79 Å². The first-order valence-corrected chi connectivity index (χ1v) is 15.1. The number of hydrogen-bond acceptors (Lipinski definition) is 7. The molecule has 0 aromatic carbocycles. The van der Waals surface area contributed by atoms with E-state index in [4.69, 9.17) is 24.0 Å². The fourth-order valence-electron chi connectivity index (χ4n) is 3.91. The van der Waals surface area contributed by atoms with Gasteiger partial charge in [0.25, 0.3) is 16.8 Å². The van der Waals surface area contributed by atoms with Gasteiger partial charge in [0.15, 0.2) is 0 Å². The maximum absolute atomic E-state index is 12.5. The van der Waals surface area contributed by atoms with Crippen molar-refractivity contribution in [1.29, 1.82) is 0 Å². The highest BCUT2D eigenvalue weighted by Crippen LogP contribution is 2.54. The van der Waals surface area contributed by atoms with Crippen LogP contribution in [0.5, 0.6) is 0 Å². The fraction of sp³-hybridized carbons (Fsp3) is 0.875. The molecule has 27 heavy (non-hydrogen) atoms. The first-order valence-electron chi connectivity index (χ1n) is 9.42. The van der Waals surface area contributed by atoms with Crippen molar-refractivity contribution in [1.82, 2.24) is 10.2 Å². The molecule has 0 radical (unpaired) electrons. The Morgan fingerprint density at radius 1 is 1.15 bits per heavy atom. The molecule has 1 atom stereocenters. The molecule has 0 saturated carbocycles. The van der Waals surface area contributed by atoms with Crippen molar-refractivity contribution in [2.75, 3.05) is 13.1 Å². The van der Waals surface area contributed by atoms with Crippen LogP contribution in [0.15, 0.2) is 0 Å². The van der Waals surface area contributed by atoms with E-state index < -0.39 is 33.2 Å². The third-order valence-electron chi connectivity index (χ3n) is 5.71.